The molecular weight excluding hydrogens is 293 g/mol. The Kier molecular flexibility index (Phi) is 5.53. The summed E-state index contributed by atoms with van der Waals surface area (Å²) in [7, 11) is 0. The minimum Gasteiger partial charge on any atom is -0.469 e. The van der Waals surface area contributed by atoms with Crippen LogP contribution < -0.4 is 5.32 Å². The van der Waals surface area contributed by atoms with Crippen molar-refractivity contribution < 1.29 is 4.42 Å². The summed E-state index contributed by atoms with van der Waals surface area (Å²) < 4.78 is 5.38. The first-order valence-corrected chi connectivity index (χ1v) is 7.59. The Labute approximate surface area is 130 Å². The predicted molar refractivity (Wildman–Crippen MR) is 84.5 cm³/mol. The van der Waals surface area contributed by atoms with Crippen LogP contribution in [0, 0.1) is 0 Å². The van der Waals surface area contributed by atoms with E-state index in [1.807, 2.05) is 24.3 Å². The van der Waals surface area contributed by atoms with Gasteiger partial charge in [0, 0.05) is 28.5 Å². The van der Waals surface area contributed by atoms with E-state index in [9.17, 15) is 0 Å². The molecule has 0 aliphatic carbocycles. The van der Waals surface area contributed by atoms with Gasteiger partial charge < -0.3 is 9.73 Å². The van der Waals surface area contributed by atoms with E-state index in [0.29, 0.717) is 16.1 Å². The molecule has 0 saturated heterocycles. The second-order valence-electron chi connectivity index (χ2n) is 4.98. The van der Waals surface area contributed by atoms with Crippen molar-refractivity contribution in [2.75, 3.05) is 0 Å². The van der Waals surface area contributed by atoms with Crippen molar-refractivity contribution in [3.8, 4) is 0 Å². The van der Waals surface area contributed by atoms with Crippen LogP contribution in [-0.2, 0) is 6.42 Å². The summed E-state index contributed by atoms with van der Waals surface area (Å²) in [6, 6.07) is 10.1. The molecule has 0 radical (unpaired) electrons. The summed E-state index contributed by atoms with van der Waals surface area (Å²) in [5, 5.41) is 4.97. The second-order valence-corrected chi connectivity index (χ2v) is 5.82. The third kappa shape index (κ3) is 4.02. The lowest BCUT2D eigenvalue weighted by Gasteiger charge is -2.23. The van der Waals surface area contributed by atoms with Gasteiger partial charge in [0.2, 0.25) is 0 Å². The van der Waals surface area contributed by atoms with E-state index in [0.717, 1.165) is 24.2 Å². The van der Waals surface area contributed by atoms with E-state index in [4.69, 9.17) is 27.6 Å². The third-order valence-corrected chi connectivity index (χ3v) is 3.88. The number of furan rings is 1. The molecule has 0 aliphatic rings. The highest BCUT2D eigenvalue weighted by Crippen LogP contribution is 2.28. The normalized spacial score (nSPS) is 14.2. The maximum absolute atomic E-state index is 6.29. The van der Waals surface area contributed by atoms with Gasteiger partial charge in [-0.25, -0.2) is 0 Å². The lowest BCUT2D eigenvalue weighted by molar-refractivity contribution is 0.410. The van der Waals surface area contributed by atoms with Gasteiger partial charge in [0.15, 0.2) is 0 Å². The smallest absolute Gasteiger partial charge is 0.105 e. The summed E-state index contributed by atoms with van der Waals surface area (Å²) >= 11 is 12.2. The molecule has 2 rings (SSSR count). The molecule has 1 aromatic heterocycles. The van der Waals surface area contributed by atoms with Crippen LogP contribution in [0.4, 0.5) is 0 Å². The number of halogens is 2. The fourth-order valence-corrected chi connectivity index (χ4v) is 2.88. The molecule has 2 unspecified atom stereocenters. The molecule has 2 atom stereocenters. The Hall–Kier alpha value is -0.960. The van der Waals surface area contributed by atoms with Crippen molar-refractivity contribution >= 4 is 23.2 Å². The zero-order chi connectivity index (χ0) is 14.5. The van der Waals surface area contributed by atoms with Gasteiger partial charge in [0.1, 0.15) is 5.76 Å². The number of nitrogens with one attached hydrogen (secondary N) is 1. The summed E-state index contributed by atoms with van der Waals surface area (Å²) in [4.78, 5) is 0. The fourth-order valence-electron chi connectivity index (χ4n) is 2.34. The van der Waals surface area contributed by atoms with Crippen LogP contribution in [0.25, 0.3) is 0 Å². The largest absolute Gasteiger partial charge is 0.469 e. The molecule has 0 aliphatic heterocycles. The summed E-state index contributed by atoms with van der Waals surface area (Å²) in [6.45, 7) is 4.29. The molecule has 1 heterocycles. The van der Waals surface area contributed by atoms with Gasteiger partial charge in [-0.3, -0.25) is 0 Å². The average molecular weight is 312 g/mol. The molecular formula is C16H19Cl2NO. The highest BCUT2D eigenvalue weighted by molar-refractivity contribution is 6.35. The van der Waals surface area contributed by atoms with Crippen molar-refractivity contribution in [1.29, 1.82) is 0 Å². The Morgan fingerprint density at radius 2 is 2.05 bits per heavy atom. The third-order valence-electron chi connectivity index (χ3n) is 3.32. The Morgan fingerprint density at radius 3 is 2.65 bits per heavy atom. The second kappa shape index (κ2) is 7.16. The molecule has 1 N–H and O–H groups in total. The zero-order valence-electron chi connectivity index (χ0n) is 11.7. The van der Waals surface area contributed by atoms with Gasteiger partial charge in [-0.2, -0.15) is 0 Å². The highest BCUT2D eigenvalue weighted by atomic mass is 35.5. The minimum atomic E-state index is 0.213. The van der Waals surface area contributed by atoms with Gasteiger partial charge in [-0.05, 0) is 43.2 Å². The van der Waals surface area contributed by atoms with E-state index in [1.54, 1.807) is 12.3 Å². The first-order valence-electron chi connectivity index (χ1n) is 6.83. The highest BCUT2D eigenvalue weighted by Gasteiger charge is 2.16. The molecule has 1 aromatic carbocycles. The molecule has 0 fully saturated rings. The van der Waals surface area contributed by atoms with E-state index >= 15 is 0 Å². The van der Waals surface area contributed by atoms with Crippen LogP contribution >= 0.6 is 23.2 Å². The minimum absolute atomic E-state index is 0.213. The maximum atomic E-state index is 6.29. The van der Waals surface area contributed by atoms with Crippen LogP contribution in [0.3, 0.4) is 0 Å². The molecule has 0 amide bonds. The van der Waals surface area contributed by atoms with Gasteiger partial charge in [-0.15, -0.1) is 0 Å². The first-order chi connectivity index (χ1) is 9.60. The predicted octanol–water partition coefficient (Wildman–Crippen LogP) is 5.26. The Balaban J connectivity index is 2.04. The van der Waals surface area contributed by atoms with Crippen LogP contribution in [-0.4, -0.2) is 6.04 Å². The lowest BCUT2D eigenvalue weighted by atomic mass is 10.0. The van der Waals surface area contributed by atoms with Gasteiger partial charge >= 0.3 is 0 Å². The quantitative estimate of drug-likeness (QED) is 0.787. The van der Waals surface area contributed by atoms with Crippen molar-refractivity contribution in [1.82, 2.24) is 5.32 Å². The molecule has 4 heteroatoms. The molecule has 20 heavy (non-hydrogen) atoms. The van der Waals surface area contributed by atoms with Crippen LogP contribution in [0.1, 0.15) is 37.6 Å². The first kappa shape index (κ1) is 15.4. The number of hydrogen-bond acceptors (Lipinski definition) is 2. The lowest BCUT2D eigenvalue weighted by Crippen LogP contribution is -2.32. The van der Waals surface area contributed by atoms with Crippen LogP contribution in [0.2, 0.25) is 10.0 Å². The molecule has 0 saturated carbocycles. The van der Waals surface area contributed by atoms with E-state index in [2.05, 4.69) is 19.2 Å². The Bertz CT molecular complexity index is 539. The van der Waals surface area contributed by atoms with E-state index < -0.39 is 0 Å². The maximum Gasteiger partial charge on any atom is 0.105 e. The van der Waals surface area contributed by atoms with Crippen molar-refractivity contribution in [3.05, 3.63) is 58.0 Å². The fraction of sp³-hybridized carbons (Fsp3) is 0.375. The molecule has 2 aromatic rings. The molecule has 0 spiro atoms. The van der Waals surface area contributed by atoms with Gasteiger partial charge in [0.05, 0.1) is 6.26 Å². The number of rotatable bonds is 6. The summed E-state index contributed by atoms with van der Waals surface area (Å²) in [5.74, 6) is 0.988. The van der Waals surface area contributed by atoms with Crippen molar-refractivity contribution in [2.45, 2.75) is 38.8 Å². The zero-order valence-corrected chi connectivity index (χ0v) is 13.2. The molecule has 108 valence electrons. The summed E-state index contributed by atoms with van der Waals surface area (Å²) in [6.07, 6.45) is 3.52. The average Bonchev–Trinajstić information content (AvgIpc) is 2.89. The van der Waals surface area contributed by atoms with E-state index in [1.165, 1.54) is 0 Å². The van der Waals surface area contributed by atoms with Crippen LogP contribution in [0.15, 0.2) is 41.0 Å². The van der Waals surface area contributed by atoms with Gasteiger partial charge in [-0.1, -0.05) is 36.2 Å². The monoisotopic (exact) mass is 311 g/mol. The van der Waals surface area contributed by atoms with Gasteiger partial charge in [0.25, 0.3) is 0 Å². The van der Waals surface area contributed by atoms with Crippen molar-refractivity contribution in [3.63, 3.8) is 0 Å². The van der Waals surface area contributed by atoms with E-state index in [-0.39, 0.29) is 6.04 Å². The SMILES string of the molecule is CCC(NC(C)Cc1ccco1)c1ccc(Cl)cc1Cl. The Morgan fingerprint density at radius 1 is 1.25 bits per heavy atom. The molecule has 0 bridgehead atoms. The topological polar surface area (TPSA) is 25.2 Å². The van der Waals surface area contributed by atoms with Crippen molar-refractivity contribution in [2.24, 2.45) is 0 Å². The number of benzene rings is 1. The standard InChI is InChI=1S/C16H19Cl2NO/c1-3-16(14-7-6-12(17)10-15(14)18)19-11(2)9-13-5-4-8-20-13/h4-8,10-11,16,19H,3,9H2,1-2H3. The van der Waals surface area contributed by atoms with Crippen LogP contribution in [0.5, 0.6) is 0 Å². The molecule has 2 nitrogen and oxygen atoms in total. The number of hydrogen-bond donors (Lipinski definition) is 1. The summed E-state index contributed by atoms with van der Waals surface area (Å²) in [5.41, 5.74) is 1.09.